The zero-order valence-electron chi connectivity index (χ0n) is 8.28. The maximum Gasteiger partial charge on any atom is 0.334 e. The second kappa shape index (κ2) is 8.01. The van der Waals surface area contributed by atoms with Gasteiger partial charge in [0.05, 0.1) is 6.61 Å². The maximum atomic E-state index is 10.7. The van der Waals surface area contributed by atoms with Crippen LogP contribution in [0.5, 0.6) is 0 Å². The van der Waals surface area contributed by atoms with Crippen molar-refractivity contribution in [3.8, 4) is 0 Å². The second-order valence-corrected chi connectivity index (χ2v) is 2.81. The Morgan fingerprint density at radius 2 is 2.08 bits per heavy atom. The zero-order chi connectivity index (χ0) is 10.1. The second-order valence-electron chi connectivity index (χ2n) is 2.81. The van der Waals surface area contributed by atoms with Crippen LogP contribution in [-0.4, -0.2) is 37.0 Å². The summed E-state index contributed by atoms with van der Waals surface area (Å²) in [5, 5.41) is 8.75. The minimum atomic E-state index is -1.05. The van der Waals surface area contributed by atoms with E-state index >= 15 is 0 Å². The van der Waals surface area contributed by atoms with E-state index in [1.54, 1.807) is 0 Å². The van der Waals surface area contributed by atoms with Crippen LogP contribution >= 0.6 is 0 Å². The van der Waals surface area contributed by atoms with Crippen molar-refractivity contribution < 1.29 is 19.4 Å². The van der Waals surface area contributed by atoms with E-state index in [0.717, 1.165) is 12.8 Å². The third-order valence-corrected chi connectivity index (χ3v) is 1.46. The van der Waals surface area contributed by atoms with Crippen LogP contribution in [0.15, 0.2) is 0 Å². The Balaban J connectivity index is 3.12. The summed E-state index contributed by atoms with van der Waals surface area (Å²) in [5.41, 5.74) is 0. The summed E-state index contributed by atoms with van der Waals surface area (Å²) in [5.74, 6) is -0.598. The Bertz CT molecular complexity index is 134. The third-order valence-electron chi connectivity index (χ3n) is 1.46. The van der Waals surface area contributed by atoms with E-state index < -0.39 is 12.1 Å². The van der Waals surface area contributed by atoms with Gasteiger partial charge in [-0.1, -0.05) is 13.3 Å². The van der Waals surface area contributed by atoms with E-state index in [1.807, 2.05) is 0 Å². The number of esters is 1. The molecule has 0 bridgehead atoms. The van der Waals surface area contributed by atoms with Crippen LogP contribution in [0.1, 0.15) is 26.7 Å². The highest BCUT2D eigenvalue weighted by Gasteiger charge is 2.08. The van der Waals surface area contributed by atoms with Gasteiger partial charge >= 0.3 is 5.97 Å². The Hall–Kier alpha value is -0.610. The molecule has 0 aromatic rings. The number of hydrogen-bond donors (Lipinski definition) is 1. The molecule has 4 heteroatoms. The van der Waals surface area contributed by atoms with Crippen molar-refractivity contribution in [2.75, 3.05) is 19.8 Å². The van der Waals surface area contributed by atoms with Crippen LogP contribution in [0, 0.1) is 0 Å². The summed E-state index contributed by atoms with van der Waals surface area (Å²) in [4.78, 5) is 10.7. The lowest BCUT2D eigenvalue weighted by molar-refractivity contribution is -0.154. The molecule has 1 N–H and O–H groups in total. The number of aliphatic hydroxyl groups excluding tert-OH is 1. The molecule has 0 saturated carbocycles. The van der Waals surface area contributed by atoms with Crippen molar-refractivity contribution in [3.05, 3.63) is 0 Å². The molecular formula is C9H18O4. The molecule has 0 aliphatic heterocycles. The van der Waals surface area contributed by atoms with Crippen LogP contribution in [0.3, 0.4) is 0 Å². The molecule has 0 saturated heterocycles. The summed E-state index contributed by atoms with van der Waals surface area (Å²) in [6.45, 7) is 4.77. The Kier molecular flexibility index (Phi) is 7.63. The Labute approximate surface area is 78.8 Å². The van der Waals surface area contributed by atoms with E-state index in [9.17, 15) is 4.79 Å². The highest BCUT2D eigenvalue weighted by Crippen LogP contribution is 1.89. The first-order valence-corrected chi connectivity index (χ1v) is 4.61. The average Bonchev–Trinajstić information content (AvgIpc) is 2.10. The molecule has 0 aliphatic rings. The van der Waals surface area contributed by atoms with E-state index in [0.29, 0.717) is 13.2 Å². The highest BCUT2D eigenvalue weighted by molar-refractivity contribution is 5.73. The van der Waals surface area contributed by atoms with Gasteiger partial charge in [0.2, 0.25) is 0 Å². The average molecular weight is 190 g/mol. The minimum absolute atomic E-state index is 0.216. The molecule has 1 unspecified atom stereocenters. The Morgan fingerprint density at radius 1 is 1.38 bits per heavy atom. The number of carbonyl (C=O) groups excluding carboxylic acids is 1. The van der Waals surface area contributed by atoms with Gasteiger partial charge in [0.1, 0.15) is 12.7 Å². The van der Waals surface area contributed by atoms with Gasteiger partial charge in [-0.15, -0.1) is 0 Å². The van der Waals surface area contributed by atoms with Gasteiger partial charge in [-0.25, -0.2) is 4.79 Å². The molecule has 13 heavy (non-hydrogen) atoms. The van der Waals surface area contributed by atoms with Crippen LogP contribution in [-0.2, 0) is 14.3 Å². The van der Waals surface area contributed by atoms with Gasteiger partial charge < -0.3 is 14.6 Å². The monoisotopic (exact) mass is 190 g/mol. The highest BCUT2D eigenvalue weighted by atomic mass is 16.6. The van der Waals surface area contributed by atoms with Gasteiger partial charge in [0, 0.05) is 6.61 Å². The molecule has 0 aliphatic carbocycles. The molecule has 0 amide bonds. The van der Waals surface area contributed by atoms with Gasteiger partial charge in [0.25, 0.3) is 0 Å². The summed E-state index contributed by atoms with van der Waals surface area (Å²) < 4.78 is 9.82. The SMILES string of the molecule is CCCCOCCOC(=O)C(C)O. The molecule has 0 fully saturated rings. The molecule has 0 radical (unpaired) electrons. The topological polar surface area (TPSA) is 55.8 Å². The molecule has 0 rings (SSSR count). The first-order chi connectivity index (χ1) is 6.18. The van der Waals surface area contributed by atoms with Crippen molar-refractivity contribution in [1.29, 1.82) is 0 Å². The van der Waals surface area contributed by atoms with Gasteiger partial charge in [-0.3, -0.25) is 0 Å². The van der Waals surface area contributed by atoms with Crippen molar-refractivity contribution in [2.24, 2.45) is 0 Å². The largest absolute Gasteiger partial charge is 0.461 e. The minimum Gasteiger partial charge on any atom is -0.461 e. The fraction of sp³-hybridized carbons (Fsp3) is 0.889. The molecule has 0 spiro atoms. The first-order valence-electron chi connectivity index (χ1n) is 4.61. The van der Waals surface area contributed by atoms with Crippen LogP contribution in [0.4, 0.5) is 0 Å². The number of ether oxygens (including phenoxy) is 2. The van der Waals surface area contributed by atoms with Crippen molar-refractivity contribution in [2.45, 2.75) is 32.8 Å². The van der Waals surface area contributed by atoms with E-state index in [1.165, 1.54) is 6.92 Å². The van der Waals surface area contributed by atoms with Crippen molar-refractivity contribution in [1.82, 2.24) is 0 Å². The lowest BCUT2D eigenvalue weighted by Gasteiger charge is -2.06. The lowest BCUT2D eigenvalue weighted by Crippen LogP contribution is -2.21. The van der Waals surface area contributed by atoms with Crippen molar-refractivity contribution in [3.63, 3.8) is 0 Å². The number of carbonyl (C=O) groups is 1. The predicted octanol–water partition coefficient (Wildman–Crippen LogP) is 0.727. The molecule has 4 nitrogen and oxygen atoms in total. The van der Waals surface area contributed by atoms with Gasteiger partial charge in [-0.05, 0) is 13.3 Å². The predicted molar refractivity (Wildman–Crippen MR) is 48.4 cm³/mol. The van der Waals surface area contributed by atoms with Crippen LogP contribution in [0.25, 0.3) is 0 Å². The molecule has 0 heterocycles. The lowest BCUT2D eigenvalue weighted by atomic mass is 10.4. The summed E-state index contributed by atoms with van der Waals surface area (Å²) >= 11 is 0. The molecular weight excluding hydrogens is 172 g/mol. The van der Waals surface area contributed by atoms with Gasteiger partial charge in [0.15, 0.2) is 0 Å². The van der Waals surface area contributed by atoms with Crippen LogP contribution in [0.2, 0.25) is 0 Å². The maximum absolute atomic E-state index is 10.7. The molecule has 0 aromatic heterocycles. The number of unbranched alkanes of at least 4 members (excludes halogenated alkanes) is 1. The first kappa shape index (κ1) is 12.4. The normalized spacial score (nSPS) is 12.5. The van der Waals surface area contributed by atoms with Crippen molar-refractivity contribution >= 4 is 5.97 Å². The zero-order valence-corrected chi connectivity index (χ0v) is 8.28. The summed E-state index contributed by atoms with van der Waals surface area (Å²) in [7, 11) is 0. The van der Waals surface area contributed by atoms with E-state index in [2.05, 4.69) is 11.7 Å². The number of hydrogen-bond acceptors (Lipinski definition) is 4. The number of aliphatic hydroxyl groups is 1. The summed E-state index contributed by atoms with van der Waals surface area (Å²) in [6.07, 6.45) is 1.06. The summed E-state index contributed by atoms with van der Waals surface area (Å²) in [6, 6.07) is 0. The molecule has 78 valence electrons. The van der Waals surface area contributed by atoms with E-state index in [-0.39, 0.29) is 6.61 Å². The standard InChI is InChI=1S/C9H18O4/c1-3-4-5-12-6-7-13-9(11)8(2)10/h8,10H,3-7H2,1-2H3. The van der Waals surface area contributed by atoms with Gasteiger partial charge in [-0.2, -0.15) is 0 Å². The number of rotatable bonds is 7. The molecule has 1 atom stereocenters. The third kappa shape index (κ3) is 7.74. The van der Waals surface area contributed by atoms with Crippen LogP contribution < -0.4 is 0 Å². The smallest absolute Gasteiger partial charge is 0.334 e. The van der Waals surface area contributed by atoms with E-state index in [4.69, 9.17) is 9.84 Å². The fourth-order valence-corrected chi connectivity index (χ4v) is 0.670. The Morgan fingerprint density at radius 3 is 2.62 bits per heavy atom. The fourth-order valence-electron chi connectivity index (χ4n) is 0.670. The molecule has 0 aromatic carbocycles. The quantitative estimate of drug-likeness (QED) is 0.475.